The topological polar surface area (TPSA) is 88.0 Å². The average molecular weight is 255 g/mol. The van der Waals surface area contributed by atoms with Gasteiger partial charge in [-0.05, 0) is 19.1 Å². The number of ether oxygens (including phenoxy) is 2. The van der Waals surface area contributed by atoms with Gasteiger partial charge in [-0.15, -0.1) is 0 Å². The maximum absolute atomic E-state index is 11.9. The van der Waals surface area contributed by atoms with Crippen LogP contribution < -0.4 is 5.32 Å². The van der Waals surface area contributed by atoms with Gasteiger partial charge in [-0.1, -0.05) is 6.07 Å². The predicted molar refractivity (Wildman–Crippen MR) is 64.5 cm³/mol. The van der Waals surface area contributed by atoms with Crippen LogP contribution in [0.2, 0.25) is 0 Å². The number of nitrogens with one attached hydrogen (secondary N) is 1. The van der Waals surface area contributed by atoms with Crippen LogP contribution in [-0.4, -0.2) is 42.7 Å². The van der Waals surface area contributed by atoms with E-state index in [-0.39, 0.29) is 11.3 Å². The minimum Gasteiger partial charge on any atom is -0.504 e. The van der Waals surface area contributed by atoms with Gasteiger partial charge in [0.25, 0.3) is 5.91 Å². The molecule has 0 aliphatic rings. The maximum Gasteiger partial charge on any atom is 0.255 e. The van der Waals surface area contributed by atoms with Gasteiger partial charge in [-0.3, -0.25) is 4.79 Å². The zero-order chi connectivity index (χ0) is 13.7. The van der Waals surface area contributed by atoms with E-state index >= 15 is 0 Å². The lowest BCUT2D eigenvalue weighted by Crippen LogP contribution is -2.42. The Bertz CT molecular complexity index is 417. The zero-order valence-electron chi connectivity index (χ0n) is 10.5. The number of phenolic OH excluding ortho intramolecular Hbond substituents is 2. The minimum atomic E-state index is -0.589. The van der Waals surface area contributed by atoms with Gasteiger partial charge in [-0.2, -0.15) is 0 Å². The Balaban J connectivity index is 2.79. The molecule has 0 radical (unpaired) electrons. The second-order valence-electron chi connectivity index (χ2n) is 3.78. The van der Waals surface area contributed by atoms with Crippen LogP contribution >= 0.6 is 0 Å². The molecule has 18 heavy (non-hydrogen) atoms. The van der Waals surface area contributed by atoms with E-state index in [2.05, 4.69) is 5.32 Å². The summed E-state index contributed by atoms with van der Waals surface area (Å²) in [6.07, 6.45) is -0.589. The van der Waals surface area contributed by atoms with Gasteiger partial charge in [0.2, 0.25) is 0 Å². The SMILES string of the molecule is COC(OC)C(C)NC(=O)c1cccc(O)c1O. The van der Waals surface area contributed by atoms with Crippen LogP contribution in [-0.2, 0) is 9.47 Å². The Hall–Kier alpha value is -1.79. The smallest absolute Gasteiger partial charge is 0.255 e. The fourth-order valence-electron chi connectivity index (χ4n) is 1.57. The molecule has 100 valence electrons. The molecule has 0 fully saturated rings. The lowest BCUT2D eigenvalue weighted by Gasteiger charge is -2.22. The van der Waals surface area contributed by atoms with Crippen molar-refractivity contribution < 1.29 is 24.5 Å². The van der Waals surface area contributed by atoms with Crippen LogP contribution in [0.5, 0.6) is 11.5 Å². The van der Waals surface area contributed by atoms with Crippen molar-refractivity contribution in [3.8, 4) is 11.5 Å². The second-order valence-corrected chi connectivity index (χ2v) is 3.78. The maximum atomic E-state index is 11.9. The molecule has 1 atom stereocenters. The second kappa shape index (κ2) is 6.23. The van der Waals surface area contributed by atoms with E-state index < -0.39 is 24.0 Å². The van der Waals surface area contributed by atoms with Crippen molar-refractivity contribution in [3.63, 3.8) is 0 Å². The number of carbonyl (C=O) groups is 1. The van der Waals surface area contributed by atoms with Crippen LogP contribution in [0.25, 0.3) is 0 Å². The predicted octanol–water partition coefficient (Wildman–Crippen LogP) is 0.835. The number of benzene rings is 1. The highest BCUT2D eigenvalue weighted by molar-refractivity contribution is 5.97. The average Bonchev–Trinajstić information content (AvgIpc) is 2.34. The molecule has 0 bridgehead atoms. The van der Waals surface area contributed by atoms with E-state index in [1.165, 1.54) is 32.4 Å². The monoisotopic (exact) mass is 255 g/mol. The summed E-state index contributed by atoms with van der Waals surface area (Å²) in [6, 6.07) is 3.77. The minimum absolute atomic E-state index is 0.00666. The van der Waals surface area contributed by atoms with Crippen molar-refractivity contribution in [1.82, 2.24) is 5.32 Å². The van der Waals surface area contributed by atoms with Gasteiger partial charge in [-0.25, -0.2) is 0 Å². The third-order valence-corrected chi connectivity index (χ3v) is 2.49. The summed E-state index contributed by atoms with van der Waals surface area (Å²) in [5.41, 5.74) is -0.00666. The van der Waals surface area contributed by atoms with Crippen LogP contribution in [0.1, 0.15) is 17.3 Å². The number of hydrogen-bond acceptors (Lipinski definition) is 5. The van der Waals surface area contributed by atoms with Crippen LogP contribution in [0, 0.1) is 0 Å². The van der Waals surface area contributed by atoms with E-state index in [1.54, 1.807) is 6.92 Å². The summed E-state index contributed by atoms with van der Waals surface area (Å²) < 4.78 is 10.0. The van der Waals surface area contributed by atoms with E-state index in [4.69, 9.17) is 9.47 Å². The van der Waals surface area contributed by atoms with Gasteiger partial charge < -0.3 is 25.0 Å². The lowest BCUT2D eigenvalue weighted by molar-refractivity contribution is -0.117. The molecule has 0 heterocycles. The number of carbonyl (C=O) groups excluding carboxylic acids is 1. The van der Waals surface area contributed by atoms with Gasteiger partial charge in [0.05, 0.1) is 11.6 Å². The van der Waals surface area contributed by atoms with E-state index in [0.29, 0.717) is 0 Å². The third-order valence-electron chi connectivity index (χ3n) is 2.49. The Morgan fingerprint density at radius 3 is 2.44 bits per heavy atom. The molecule has 0 aliphatic heterocycles. The molecule has 1 unspecified atom stereocenters. The van der Waals surface area contributed by atoms with Crippen molar-refractivity contribution >= 4 is 5.91 Å². The molecule has 1 amide bonds. The largest absolute Gasteiger partial charge is 0.504 e. The van der Waals surface area contributed by atoms with Crippen molar-refractivity contribution in [2.45, 2.75) is 19.3 Å². The molecule has 1 aromatic rings. The molecule has 0 saturated carbocycles. The van der Waals surface area contributed by atoms with Crippen LogP contribution in [0.4, 0.5) is 0 Å². The summed E-state index contributed by atoms with van der Waals surface area (Å²) in [4.78, 5) is 11.9. The molecule has 0 aromatic heterocycles. The Morgan fingerprint density at radius 1 is 1.28 bits per heavy atom. The molecular weight excluding hydrogens is 238 g/mol. The summed E-state index contributed by atoms with van der Waals surface area (Å²) in [5, 5.41) is 21.5. The first kappa shape index (κ1) is 14.3. The summed E-state index contributed by atoms with van der Waals surface area (Å²) in [5.74, 6) is -1.31. The first-order valence-corrected chi connectivity index (χ1v) is 5.38. The molecule has 6 nitrogen and oxygen atoms in total. The fourth-order valence-corrected chi connectivity index (χ4v) is 1.57. The zero-order valence-corrected chi connectivity index (χ0v) is 10.5. The fraction of sp³-hybridized carbons (Fsp3) is 0.417. The molecule has 0 aliphatic carbocycles. The van der Waals surface area contributed by atoms with E-state index in [1.807, 2.05) is 0 Å². The molecule has 1 aromatic carbocycles. The third kappa shape index (κ3) is 3.12. The van der Waals surface area contributed by atoms with Crippen LogP contribution in [0.3, 0.4) is 0 Å². The Labute approximate surface area is 105 Å². The first-order chi connectivity index (χ1) is 8.51. The highest BCUT2D eigenvalue weighted by atomic mass is 16.7. The number of amides is 1. The van der Waals surface area contributed by atoms with E-state index in [0.717, 1.165) is 0 Å². The molecule has 3 N–H and O–H groups in total. The van der Waals surface area contributed by atoms with Crippen molar-refractivity contribution in [2.75, 3.05) is 14.2 Å². The van der Waals surface area contributed by atoms with Crippen molar-refractivity contribution in [2.24, 2.45) is 0 Å². The van der Waals surface area contributed by atoms with Crippen LogP contribution in [0.15, 0.2) is 18.2 Å². The number of rotatable bonds is 5. The number of hydrogen-bond donors (Lipinski definition) is 3. The number of aromatic hydroxyl groups is 2. The molecule has 6 heteroatoms. The quantitative estimate of drug-likeness (QED) is 0.536. The molecule has 0 saturated heterocycles. The van der Waals surface area contributed by atoms with Crippen molar-refractivity contribution in [1.29, 1.82) is 0 Å². The lowest BCUT2D eigenvalue weighted by atomic mass is 10.1. The standard InChI is InChI=1S/C12H17NO5/c1-7(12(17-2)18-3)13-11(16)8-5-4-6-9(14)10(8)15/h4-7,12,14-15H,1-3H3,(H,13,16). The number of methoxy groups -OCH3 is 2. The number of para-hydroxylation sites is 1. The highest BCUT2D eigenvalue weighted by Gasteiger charge is 2.21. The van der Waals surface area contributed by atoms with Gasteiger partial charge in [0.1, 0.15) is 0 Å². The summed E-state index contributed by atoms with van der Waals surface area (Å²) in [6.45, 7) is 1.70. The summed E-state index contributed by atoms with van der Waals surface area (Å²) >= 11 is 0. The van der Waals surface area contributed by atoms with Gasteiger partial charge in [0.15, 0.2) is 17.8 Å². The van der Waals surface area contributed by atoms with E-state index in [9.17, 15) is 15.0 Å². The van der Waals surface area contributed by atoms with Gasteiger partial charge in [0, 0.05) is 14.2 Å². The Kier molecular flexibility index (Phi) is 4.94. The molecule has 1 rings (SSSR count). The Morgan fingerprint density at radius 2 is 1.89 bits per heavy atom. The van der Waals surface area contributed by atoms with Crippen molar-refractivity contribution in [3.05, 3.63) is 23.8 Å². The first-order valence-electron chi connectivity index (χ1n) is 5.38. The molecular formula is C12H17NO5. The normalized spacial score (nSPS) is 12.4. The number of phenols is 2. The highest BCUT2D eigenvalue weighted by Crippen LogP contribution is 2.28. The summed E-state index contributed by atoms with van der Waals surface area (Å²) in [7, 11) is 2.92. The van der Waals surface area contributed by atoms with Gasteiger partial charge >= 0.3 is 0 Å². The molecule has 0 spiro atoms.